The molecule has 0 heterocycles. The summed E-state index contributed by atoms with van der Waals surface area (Å²) in [6.07, 6.45) is 1.04. The Hall–Kier alpha value is -1.31. The van der Waals surface area contributed by atoms with Crippen molar-refractivity contribution in [2.24, 2.45) is 5.73 Å². The summed E-state index contributed by atoms with van der Waals surface area (Å²) in [6.45, 7) is 1.18. The van der Waals surface area contributed by atoms with Crippen molar-refractivity contribution < 1.29 is 17.9 Å². The molecular formula is C14H24N2O4S. The Kier molecular flexibility index (Phi) is 7.49. The first-order valence-corrected chi connectivity index (χ1v) is 8.50. The molecule has 0 bridgehead atoms. The van der Waals surface area contributed by atoms with Crippen LogP contribution in [-0.4, -0.2) is 48.1 Å². The van der Waals surface area contributed by atoms with Crippen molar-refractivity contribution in [1.29, 1.82) is 0 Å². The number of anilines is 1. The van der Waals surface area contributed by atoms with Gasteiger partial charge in [-0.1, -0.05) is 12.1 Å². The summed E-state index contributed by atoms with van der Waals surface area (Å²) >= 11 is 0. The molecule has 0 spiro atoms. The Morgan fingerprint density at radius 2 is 1.90 bits per heavy atom. The molecule has 1 aromatic rings. The molecule has 0 aliphatic rings. The van der Waals surface area contributed by atoms with Crippen molar-refractivity contribution in [3.63, 3.8) is 0 Å². The summed E-state index contributed by atoms with van der Waals surface area (Å²) < 4.78 is 36.7. The Morgan fingerprint density at radius 3 is 2.52 bits per heavy atom. The second kappa shape index (κ2) is 8.86. The van der Waals surface area contributed by atoms with Gasteiger partial charge in [0.05, 0.1) is 18.6 Å². The summed E-state index contributed by atoms with van der Waals surface area (Å²) in [5.41, 5.74) is 6.06. The molecule has 0 fully saturated rings. The van der Waals surface area contributed by atoms with Crippen LogP contribution < -0.4 is 14.8 Å². The lowest BCUT2D eigenvalue weighted by Crippen LogP contribution is -2.35. The van der Waals surface area contributed by atoms with E-state index in [1.54, 1.807) is 31.4 Å². The van der Waals surface area contributed by atoms with Crippen LogP contribution in [0.25, 0.3) is 0 Å². The minimum absolute atomic E-state index is 0.0312. The molecule has 0 aliphatic carbocycles. The molecule has 21 heavy (non-hydrogen) atoms. The van der Waals surface area contributed by atoms with Gasteiger partial charge in [0.1, 0.15) is 5.75 Å². The molecule has 0 aliphatic heterocycles. The van der Waals surface area contributed by atoms with Gasteiger partial charge >= 0.3 is 0 Å². The van der Waals surface area contributed by atoms with Crippen molar-refractivity contribution in [3.05, 3.63) is 24.3 Å². The Bertz CT molecular complexity index is 519. The zero-order valence-corrected chi connectivity index (χ0v) is 13.4. The van der Waals surface area contributed by atoms with Crippen LogP contribution in [0.3, 0.4) is 0 Å². The van der Waals surface area contributed by atoms with Crippen LogP contribution in [0.1, 0.15) is 12.8 Å². The molecule has 0 amide bonds. The molecule has 0 unspecified atom stereocenters. The lowest BCUT2D eigenvalue weighted by atomic mass is 10.3. The first kappa shape index (κ1) is 17.7. The number of nitrogens with two attached hydrogens (primary N) is 1. The van der Waals surface area contributed by atoms with E-state index in [2.05, 4.69) is 0 Å². The largest absolute Gasteiger partial charge is 0.495 e. The first-order valence-electron chi connectivity index (χ1n) is 6.89. The van der Waals surface area contributed by atoms with Crippen molar-refractivity contribution in [2.45, 2.75) is 12.8 Å². The van der Waals surface area contributed by atoms with E-state index in [4.69, 9.17) is 15.2 Å². The van der Waals surface area contributed by atoms with Crippen LogP contribution in [0.2, 0.25) is 0 Å². The van der Waals surface area contributed by atoms with Gasteiger partial charge in [0, 0.05) is 20.3 Å². The Balaban J connectivity index is 3.04. The van der Waals surface area contributed by atoms with Gasteiger partial charge in [-0.3, -0.25) is 4.31 Å². The van der Waals surface area contributed by atoms with Gasteiger partial charge in [-0.2, -0.15) is 0 Å². The van der Waals surface area contributed by atoms with Crippen molar-refractivity contribution in [1.82, 2.24) is 0 Å². The van der Waals surface area contributed by atoms with E-state index in [0.29, 0.717) is 44.0 Å². The minimum Gasteiger partial charge on any atom is -0.495 e. The molecule has 0 saturated heterocycles. The van der Waals surface area contributed by atoms with E-state index in [1.165, 1.54) is 11.4 Å². The normalized spacial score (nSPS) is 11.4. The highest BCUT2D eigenvalue weighted by molar-refractivity contribution is 7.92. The SMILES string of the molecule is COCCCS(=O)(=O)N(CCCN)c1ccccc1OC. The molecule has 0 saturated carbocycles. The van der Waals surface area contributed by atoms with Gasteiger partial charge < -0.3 is 15.2 Å². The van der Waals surface area contributed by atoms with Crippen LogP contribution in [0, 0.1) is 0 Å². The molecule has 2 N–H and O–H groups in total. The van der Waals surface area contributed by atoms with E-state index in [0.717, 1.165) is 0 Å². The van der Waals surface area contributed by atoms with Crippen molar-refractivity contribution in [2.75, 3.05) is 44.0 Å². The fraction of sp³-hybridized carbons (Fsp3) is 0.571. The van der Waals surface area contributed by atoms with E-state index in [1.807, 2.05) is 0 Å². The monoisotopic (exact) mass is 316 g/mol. The highest BCUT2D eigenvalue weighted by Gasteiger charge is 2.24. The highest BCUT2D eigenvalue weighted by Crippen LogP contribution is 2.30. The zero-order chi connectivity index (χ0) is 15.7. The molecule has 1 rings (SSSR count). The molecule has 0 radical (unpaired) electrons. The lowest BCUT2D eigenvalue weighted by molar-refractivity contribution is 0.199. The van der Waals surface area contributed by atoms with Crippen LogP contribution in [0.4, 0.5) is 5.69 Å². The standard InChI is InChI=1S/C14H24N2O4S/c1-19-11-6-12-21(17,18)16(10-5-9-15)13-7-3-4-8-14(13)20-2/h3-4,7-8H,5-6,9-12,15H2,1-2H3. The van der Waals surface area contributed by atoms with Gasteiger partial charge in [0.2, 0.25) is 10.0 Å². The van der Waals surface area contributed by atoms with Crippen molar-refractivity contribution in [3.8, 4) is 5.75 Å². The fourth-order valence-electron chi connectivity index (χ4n) is 1.98. The van der Waals surface area contributed by atoms with Crippen LogP contribution in [-0.2, 0) is 14.8 Å². The van der Waals surface area contributed by atoms with Crippen LogP contribution >= 0.6 is 0 Å². The molecule has 0 aromatic heterocycles. The maximum absolute atomic E-state index is 12.6. The zero-order valence-electron chi connectivity index (χ0n) is 12.6. The van der Waals surface area contributed by atoms with Gasteiger partial charge in [-0.15, -0.1) is 0 Å². The lowest BCUT2D eigenvalue weighted by Gasteiger charge is -2.25. The third-order valence-electron chi connectivity index (χ3n) is 3.01. The van der Waals surface area contributed by atoms with Gasteiger partial charge in [0.25, 0.3) is 0 Å². The summed E-state index contributed by atoms with van der Waals surface area (Å²) in [4.78, 5) is 0. The predicted octanol–water partition coefficient (Wildman–Crippen LogP) is 1.22. The van der Waals surface area contributed by atoms with E-state index >= 15 is 0 Å². The number of hydrogen-bond donors (Lipinski definition) is 1. The van der Waals surface area contributed by atoms with Gasteiger partial charge in [-0.05, 0) is 31.5 Å². The second-order valence-corrected chi connectivity index (χ2v) is 6.56. The van der Waals surface area contributed by atoms with Crippen molar-refractivity contribution >= 4 is 15.7 Å². The Morgan fingerprint density at radius 1 is 1.19 bits per heavy atom. The van der Waals surface area contributed by atoms with Crippen LogP contribution in [0.15, 0.2) is 24.3 Å². The summed E-state index contributed by atoms with van der Waals surface area (Å²) in [7, 11) is -0.355. The highest BCUT2D eigenvalue weighted by atomic mass is 32.2. The number of hydrogen-bond acceptors (Lipinski definition) is 5. The van der Waals surface area contributed by atoms with Crippen LogP contribution in [0.5, 0.6) is 5.75 Å². The molecular weight excluding hydrogens is 292 g/mol. The molecule has 1 aromatic carbocycles. The topological polar surface area (TPSA) is 81.9 Å². The molecule has 7 heteroatoms. The maximum Gasteiger partial charge on any atom is 0.235 e. The van der Waals surface area contributed by atoms with E-state index in [-0.39, 0.29) is 5.75 Å². The summed E-state index contributed by atoms with van der Waals surface area (Å²) in [5.74, 6) is 0.563. The number of para-hydroxylation sites is 2. The number of nitrogens with zero attached hydrogens (tertiary/aromatic N) is 1. The van der Waals surface area contributed by atoms with Gasteiger partial charge in [-0.25, -0.2) is 8.42 Å². The second-order valence-electron chi connectivity index (χ2n) is 4.55. The number of ether oxygens (including phenoxy) is 2. The minimum atomic E-state index is -3.43. The van der Waals surface area contributed by atoms with E-state index in [9.17, 15) is 8.42 Å². The fourth-order valence-corrected chi connectivity index (χ4v) is 3.54. The number of sulfonamides is 1. The summed E-state index contributed by atoms with van der Waals surface area (Å²) in [6, 6.07) is 7.08. The predicted molar refractivity (Wildman–Crippen MR) is 84.3 cm³/mol. The number of benzene rings is 1. The smallest absolute Gasteiger partial charge is 0.235 e. The number of methoxy groups -OCH3 is 2. The average Bonchev–Trinajstić information content (AvgIpc) is 2.48. The quantitative estimate of drug-likeness (QED) is 0.656. The molecule has 6 nitrogen and oxygen atoms in total. The maximum atomic E-state index is 12.6. The first-order chi connectivity index (χ1) is 10.1. The average molecular weight is 316 g/mol. The number of rotatable bonds is 10. The molecule has 120 valence electrons. The molecule has 0 atom stereocenters. The third-order valence-corrected chi connectivity index (χ3v) is 4.86. The Labute approximate surface area is 126 Å². The van der Waals surface area contributed by atoms with Gasteiger partial charge in [0.15, 0.2) is 0 Å². The summed E-state index contributed by atoms with van der Waals surface area (Å²) in [5, 5.41) is 0. The van der Waals surface area contributed by atoms with E-state index < -0.39 is 10.0 Å². The third kappa shape index (κ3) is 5.18.